The van der Waals surface area contributed by atoms with E-state index in [1.165, 1.54) is 0 Å². The highest BCUT2D eigenvalue weighted by atomic mass is 79.9. The molecule has 0 aliphatic heterocycles. The van der Waals surface area contributed by atoms with E-state index in [9.17, 15) is 9.59 Å². The molecule has 1 amide bonds. The molecule has 1 atom stereocenters. The van der Waals surface area contributed by atoms with Gasteiger partial charge in [-0.3, -0.25) is 4.79 Å². The van der Waals surface area contributed by atoms with Crippen LogP contribution in [0.1, 0.15) is 36.5 Å². The minimum atomic E-state index is -1.00. The van der Waals surface area contributed by atoms with Gasteiger partial charge < -0.3 is 10.4 Å². The summed E-state index contributed by atoms with van der Waals surface area (Å²) in [5, 5.41) is 11.6. The molecule has 2 N–H and O–H groups in total. The summed E-state index contributed by atoms with van der Waals surface area (Å²) in [4.78, 5) is 23.1. The molecule has 0 heterocycles. The van der Waals surface area contributed by atoms with Crippen molar-refractivity contribution in [2.45, 2.75) is 32.2 Å². The molecule has 0 aliphatic rings. The van der Waals surface area contributed by atoms with E-state index in [1.807, 2.05) is 13.0 Å². The van der Waals surface area contributed by atoms with Crippen molar-refractivity contribution >= 4 is 43.7 Å². The van der Waals surface area contributed by atoms with Gasteiger partial charge in [0.15, 0.2) is 0 Å². The van der Waals surface area contributed by atoms with Crippen LogP contribution in [-0.4, -0.2) is 23.0 Å². The van der Waals surface area contributed by atoms with Crippen LogP contribution < -0.4 is 5.32 Å². The highest BCUT2D eigenvalue weighted by molar-refractivity contribution is 9.11. The lowest BCUT2D eigenvalue weighted by Gasteiger charge is -2.14. The Hall–Kier alpha value is -0.880. The number of aliphatic carboxylic acids is 1. The van der Waals surface area contributed by atoms with Gasteiger partial charge in [-0.25, -0.2) is 4.79 Å². The summed E-state index contributed by atoms with van der Waals surface area (Å²) in [6.07, 6.45) is 2.09. The monoisotopic (exact) mass is 391 g/mol. The van der Waals surface area contributed by atoms with Crippen molar-refractivity contribution in [1.29, 1.82) is 0 Å². The Balaban J connectivity index is 2.78. The van der Waals surface area contributed by atoms with E-state index in [0.717, 1.165) is 21.8 Å². The molecule has 1 rings (SSSR count). The molecular formula is C13H15Br2NO3. The van der Waals surface area contributed by atoms with Crippen molar-refractivity contribution in [3.63, 3.8) is 0 Å². The van der Waals surface area contributed by atoms with Gasteiger partial charge in [-0.1, -0.05) is 51.6 Å². The van der Waals surface area contributed by atoms with Crippen molar-refractivity contribution in [3.05, 3.63) is 32.7 Å². The normalized spacial score (nSPS) is 11.9. The molecule has 0 fully saturated rings. The van der Waals surface area contributed by atoms with Gasteiger partial charge in [0.1, 0.15) is 6.04 Å². The number of halogens is 2. The van der Waals surface area contributed by atoms with Gasteiger partial charge in [0.2, 0.25) is 0 Å². The van der Waals surface area contributed by atoms with Gasteiger partial charge in [0, 0.05) is 14.5 Å². The zero-order valence-electron chi connectivity index (χ0n) is 10.5. The van der Waals surface area contributed by atoms with Crippen molar-refractivity contribution in [2.75, 3.05) is 0 Å². The Morgan fingerprint density at radius 2 is 1.84 bits per heavy atom. The van der Waals surface area contributed by atoms with Crippen molar-refractivity contribution in [3.8, 4) is 0 Å². The van der Waals surface area contributed by atoms with Crippen molar-refractivity contribution in [1.82, 2.24) is 5.32 Å². The first kappa shape index (κ1) is 16.2. The smallest absolute Gasteiger partial charge is 0.326 e. The van der Waals surface area contributed by atoms with E-state index in [4.69, 9.17) is 5.11 Å². The third-order valence-corrected chi connectivity index (χ3v) is 3.49. The first-order valence-corrected chi connectivity index (χ1v) is 7.52. The Labute approximate surface area is 128 Å². The molecule has 1 aromatic carbocycles. The summed E-state index contributed by atoms with van der Waals surface area (Å²) in [6.45, 7) is 1.98. The Kier molecular flexibility index (Phi) is 6.51. The van der Waals surface area contributed by atoms with Crippen LogP contribution >= 0.6 is 31.9 Å². The van der Waals surface area contributed by atoms with Crippen molar-refractivity contribution in [2.24, 2.45) is 0 Å². The van der Waals surface area contributed by atoms with Gasteiger partial charge in [-0.15, -0.1) is 0 Å². The van der Waals surface area contributed by atoms with Gasteiger partial charge in [-0.2, -0.15) is 0 Å². The molecule has 0 saturated carbocycles. The summed E-state index contributed by atoms with van der Waals surface area (Å²) in [5.74, 6) is -1.39. The highest BCUT2D eigenvalue weighted by Gasteiger charge is 2.20. The predicted molar refractivity (Wildman–Crippen MR) is 80.3 cm³/mol. The largest absolute Gasteiger partial charge is 0.480 e. The molecule has 104 valence electrons. The van der Waals surface area contributed by atoms with Crippen LogP contribution in [0.5, 0.6) is 0 Å². The molecular weight excluding hydrogens is 378 g/mol. The summed E-state index contributed by atoms with van der Waals surface area (Å²) in [7, 11) is 0. The first-order chi connectivity index (χ1) is 8.93. The van der Waals surface area contributed by atoms with E-state index in [2.05, 4.69) is 37.2 Å². The molecule has 0 unspecified atom stereocenters. The lowest BCUT2D eigenvalue weighted by atomic mass is 10.1. The van der Waals surface area contributed by atoms with E-state index < -0.39 is 12.0 Å². The minimum Gasteiger partial charge on any atom is -0.480 e. The van der Waals surface area contributed by atoms with Crippen LogP contribution in [0, 0.1) is 0 Å². The lowest BCUT2D eigenvalue weighted by molar-refractivity contribution is -0.139. The predicted octanol–water partition coefficient (Wildman–Crippen LogP) is 3.58. The van der Waals surface area contributed by atoms with E-state index >= 15 is 0 Å². The van der Waals surface area contributed by atoms with E-state index in [0.29, 0.717) is 12.0 Å². The Morgan fingerprint density at radius 1 is 1.26 bits per heavy atom. The lowest BCUT2D eigenvalue weighted by Crippen LogP contribution is -2.40. The van der Waals surface area contributed by atoms with Crippen LogP contribution in [-0.2, 0) is 4.79 Å². The quantitative estimate of drug-likeness (QED) is 0.777. The number of carboxylic acid groups (broad SMARTS) is 1. The summed E-state index contributed by atoms with van der Waals surface area (Å²) in [6, 6.07) is 4.27. The molecule has 0 spiro atoms. The fourth-order valence-corrected chi connectivity index (χ4v) is 2.89. The number of carbonyl (C=O) groups excluding carboxylic acids is 1. The zero-order valence-corrected chi connectivity index (χ0v) is 13.6. The number of rotatable bonds is 6. The molecule has 1 aromatic rings. The Morgan fingerprint density at radius 3 is 2.32 bits per heavy atom. The second kappa shape index (κ2) is 7.65. The number of unbranched alkanes of at least 4 members (excludes halogenated alkanes) is 1. The molecule has 0 bridgehead atoms. The third kappa shape index (κ3) is 5.32. The van der Waals surface area contributed by atoms with Crippen LogP contribution in [0.15, 0.2) is 27.1 Å². The first-order valence-electron chi connectivity index (χ1n) is 5.93. The molecule has 0 aliphatic carbocycles. The molecule has 6 heteroatoms. The van der Waals surface area contributed by atoms with Crippen LogP contribution in [0.4, 0.5) is 0 Å². The van der Waals surface area contributed by atoms with E-state index in [-0.39, 0.29) is 5.91 Å². The highest BCUT2D eigenvalue weighted by Crippen LogP contribution is 2.20. The summed E-state index contributed by atoms with van der Waals surface area (Å²) < 4.78 is 1.51. The van der Waals surface area contributed by atoms with Gasteiger partial charge in [-0.05, 0) is 24.6 Å². The number of hydrogen-bond acceptors (Lipinski definition) is 2. The number of amides is 1. The number of nitrogens with one attached hydrogen (secondary N) is 1. The fourth-order valence-electron chi connectivity index (χ4n) is 1.59. The van der Waals surface area contributed by atoms with Crippen LogP contribution in [0.2, 0.25) is 0 Å². The maximum atomic E-state index is 12.0. The van der Waals surface area contributed by atoms with Crippen molar-refractivity contribution < 1.29 is 14.7 Å². The minimum absolute atomic E-state index is 0.384. The average Bonchev–Trinajstić information content (AvgIpc) is 2.32. The molecule has 19 heavy (non-hydrogen) atoms. The second-order valence-corrected chi connectivity index (χ2v) is 6.00. The number of benzene rings is 1. The second-order valence-electron chi connectivity index (χ2n) is 4.16. The molecule has 0 aromatic heterocycles. The van der Waals surface area contributed by atoms with Gasteiger partial charge in [0.05, 0.1) is 0 Å². The fraction of sp³-hybridized carbons (Fsp3) is 0.385. The molecule has 0 radical (unpaired) electrons. The number of carboxylic acids is 1. The van der Waals surface area contributed by atoms with E-state index in [1.54, 1.807) is 12.1 Å². The van der Waals surface area contributed by atoms with Crippen LogP contribution in [0.3, 0.4) is 0 Å². The summed E-state index contributed by atoms with van der Waals surface area (Å²) in [5.41, 5.74) is 0.420. The SMILES string of the molecule is CCCC[C@@H](NC(=O)c1cc(Br)cc(Br)c1)C(=O)O. The third-order valence-electron chi connectivity index (χ3n) is 2.57. The van der Waals surface area contributed by atoms with Gasteiger partial charge >= 0.3 is 5.97 Å². The Bertz CT molecular complexity index is 457. The topological polar surface area (TPSA) is 66.4 Å². The van der Waals surface area contributed by atoms with Crippen LogP contribution in [0.25, 0.3) is 0 Å². The average molecular weight is 393 g/mol. The maximum absolute atomic E-state index is 12.0. The maximum Gasteiger partial charge on any atom is 0.326 e. The number of carbonyl (C=O) groups is 2. The molecule has 4 nitrogen and oxygen atoms in total. The molecule has 0 saturated heterocycles. The number of hydrogen-bond donors (Lipinski definition) is 2. The standard InChI is InChI=1S/C13H15Br2NO3/c1-2-3-4-11(13(18)19)16-12(17)8-5-9(14)7-10(15)6-8/h5-7,11H,2-4H2,1H3,(H,16,17)(H,18,19)/t11-/m1/s1. The zero-order chi connectivity index (χ0) is 14.4. The summed E-state index contributed by atoms with van der Waals surface area (Å²) >= 11 is 6.58. The van der Waals surface area contributed by atoms with Gasteiger partial charge in [0.25, 0.3) is 5.91 Å².